The molecule has 1 saturated carbocycles. The molecule has 2 rings (SSSR count). The number of alkyl halides is 1. The number of halogens is 2. The monoisotopic (exact) mass is 431 g/mol. The third-order valence-corrected chi connectivity index (χ3v) is 4.96. The highest BCUT2D eigenvalue weighted by Crippen LogP contribution is 2.47. The second-order valence-electron chi connectivity index (χ2n) is 4.28. The molecule has 84 valence electrons. The molecule has 1 saturated heterocycles. The summed E-state index contributed by atoms with van der Waals surface area (Å²) in [7, 11) is 0. The van der Waals surface area contributed by atoms with Crippen LogP contribution < -0.4 is 0 Å². The van der Waals surface area contributed by atoms with Gasteiger partial charge in [0.25, 0.3) is 0 Å². The fourth-order valence-electron chi connectivity index (χ4n) is 2.15. The first-order valence-electron chi connectivity index (χ1n) is 5.42. The first-order valence-corrected chi connectivity index (χ1v) is 7.74. The van der Waals surface area contributed by atoms with Crippen LogP contribution in [0.3, 0.4) is 0 Å². The Morgan fingerprint density at radius 2 is 2.13 bits per heavy atom. The van der Waals surface area contributed by atoms with Crippen LogP contribution >= 0.6 is 45.2 Å². The minimum atomic E-state index is 0.336. The number of nitrogens with zero attached hydrogens (tertiary/aromatic N) is 1. The molecule has 1 amide bonds. The number of rotatable bonds is 2. The second kappa shape index (κ2) is 4.89. The number of hydrogen-bond donors (Lipinski definition) is 0. The Morgan fingerprint density at radius 3 is 2.60 bits per heavy atom. The van der Waals surface area contributed by atoms with Gasteiger partial charge in [0, 0.05) is 32.1 Å². The Labute approximate surface area is 118 Å². The normalized spacial score (nSPS) is 32.7. The van der Waals surface area contributed by atoms with E-state index in [1.807, 2.05) is 0 Å². The fourth-order valence-corrected chi connectivity index (χ4v) is 3.73. The third-order valence-electron chi connectivity index (χ3n) is 3.03. The number of carbonyl (C=O) groups excluding carboxylic acids is 1. The van der Waals surface area contributed by atoms with E-state index in [0.717, 1.165) is 29.7 Å². The molecule has 1 aliphatic heterocycles. The van der Waals surface area contributed by atoms with Crippen LogP contribution in [-0.4, -0.2) is 21.3 Å². The van der Waals surface area contributed by atoms with Crippen molar-refractivity contribution >= 4 is 51.1 Å². The Balaban J connectivity index is 2.18. The van der Waals surface area contributed by atoms with Crippen LogP contribution in [0, 0.1) is 5.92 Å². The summed E-state index contributed by atoms with van der Waals surface area (Å²) in [5.41, 5.74) is 1.32. The van der Waals surface area contributed by atoms with Crippen LogP contribution in [0.2, 0.25) is 0 Å². The number of hydrogen-bond acceptors (Lipinski definition) is 1. The number of piperidine rings is 1. The molecule has 2 nitrogen and oxygen atoms in total. The molecule has 1 aliphatic carbocycles. The van der Waals surface area contributed by atoms with Gasteiger partial charge in [-0.25, -0.2) is 0 Å². The molecule has 2 unspecified atom stereocenters. The standard InChI is InChI=1S/C11H15I2NO/c1-7(12)11(8-6-9(8)13)14-5-3-2-4-10(14)15/h8-9H,2-6H2,1H3/b11-7+. The van der Waals surface area contributed by atoms with Crippen LogP contribution in [0.15, 0.2) is 9.28 Å². The molecule has 2 atom stereocenters. The van der Waals surface area contributed by atoms with Gasteiger partial charge in [0.05, 0.1) is 0 Å². The van der Waals surface area contributed by atoms with Crippen molar-refractivity contribution < 1.29 is 4.79 Å². The highest BCUT2D eigenvalue weighted by atomic mass is 127. The second-order valence-corrected chi connectivity index (χ2v) is 7.50. The van der Waals surface area contributed by atoms with Crippen molar-refractivity contribution in [3.63, 3.8) is 0 Å². The minimum absolute atomic E-state index is 0.336. The lowest BCUT2D eigenvalue weighted by Gasteiger charge is -2.30. The molecule has 0 radical (unpaired) electrons. The van der Waals surface area contributed by atoms with Gasteiger partial charge in [-0.3, -0.25) is 4.79 Å². The molecule has 0 spiro atoms. The van der Waals surface area contributed by atoms with Crippen molar-refractivity contribution in [3.8, 4) is 0 Å². The molecule has 0 bridgehead atoms. The molecule has 2 aliphatic rings. The summed E-state index contributed by atoms with van der Waals surface area (Å²) >= 11 is 4.86. The lowest BCUT2D eigenvalue weighted by molar-refractivity contribution is -0.131. The average Bonchev–Trinajstić information content (AvgIpc) is 2.86. The zero-order valence-corrected chi connectivity index (χ0v) is 13.1. The number of allylic oxidation sites excluding steroid dienone is 2. The van der Waals surface area contributed by atoms with Gasteiger partial charge < -0.3 is 4.90 Å². The fraction of sp³-hybridized carbons (Fsp3) is 0.727. The lowest BCUT2D eigenvalue weighted by Crippen LogP contribution is -2.35. The maximum absolute atomic E-state index is 11.9. The largest absolute Gasteiger partial charge is 0.315 e. The van der Waals surface area contributed by atoms with Gasteiger partial charge in [-0.1, -0.05) is 22.6 Å². The maximum atomic E-state index is 11.9. The van der Waals surface area contributed by atoms with Gasteiger partial charge in [-0.2, -0.15) is 0 Å². The van der Waals surface area contributed by atoms with Gasteiger partial charge in [0.15, 0.2) is 0 Å². The maximum Gasteiger partial charge on any atom is 0.226 e. The molecule has 15 heavy (non-hydrogen) atoms. The predicted molar refractivity (Wildman–Crippen MR) is 78.2 cm³/mol. The highest BCUT2D eigenvalue weighted by molar-refractivity contribution is 14.1. The molecule has 0 aromatic carbocycles. The summed E-state index contributed by atoms with van der Waals surface area (Å²) in [4.78, 5) is 13.9. The van der Waals surface area contributed by atoms with E-state index in [0.29, 0.717) is 11.8 Å². The van der Waals surface area contributed by atoms with E-state index in [-0.39, 0.29) is 0 Å². The summed E-state index contributed by atoms with van der Waals surface area (Å²) in [6, 6.07) is 0. The van der Waals surface area contributed by atoms with Crippen molar-refractivity contribution in [1.29, 1.82) is 0 Å². The van der Waals surface area contributed by atoms with Crippen LogP contribution in [0.5, 0.6) is 0 Å². The van der Waals surface area contributed by atoms with Crippen molar-refractivity contribution in [3.05, 3.63) is 9.28 Å². The summed E-state index contributed by atoms with van der Waals surface area (Å²) in [5.74, 6) is 0.979. The summed E-state index contributed by atoms with van der Waals surface area (Å²) in [6.45, 7) is 3.06. The van der Waals surface area contributed by atoms with Gasteiger partial charge >= 0.3 is 0 Å². The Hall–Kier alpha value is 0.670. The van der Waals surface area contributed by atoms with Crippen LogP contribution in [0.4, 0.5) is 0 Å². The topological polar surface area (TPSA) is 20.3 Å². The lowest BCUT2D eigenvalue weighted by atomic mass is 10.1. The Bertz CT molecular complexity index is 310. The zero-order chi connectivity index (χ0) is 11.0. The minimum Gasteiger partial charge on any atom is -0.315 e. The molecule has 0 aromatic heterocycles. The molecular formula is C11H15I2NO. The van der Waals surface area contributed by atoms with E-state index >= 15 is 0 Å². The average molecular weight is 431 g/mol. The molecule has 1 heterocycles. The first kappa shape index (κ1) is 12.1. The number of likely N-dealkylation sites (tertiary alicyclic amines) is 1. The van der Waals surface area contributed by atoms with E-state index < -0.39 is 0 Å². The van der Waals surface area contributed by atoms with Crippen LogP contribution in [0.25, 0.3) is 0 Å². The van der Waals surface area contributed by atoms with Gasteiger partial charge in [-0.05, 0) is 48.8 Å². The van der Waals surface area contributed by atoms with E-state index in [9.17, 15) is 4.79 Å². The SMILES string of the molecule is C/C(I)=C(/C1CC1I)N1CCCCC1=O. The van der Waals surface area contributed by atoms with Crippen molar-refractivity contribution in [1.82, 2.24) is 4.90 Å². The number of carbonyl (C=O) groups is 1. The smallest absolute Gasteiger partial charge is 0.226 e. The quantitative estimate of drug-likeness (QED) is 0.485. The Morgan fingerprint density at radius 1 is 1.47 bits per heavy atom. The molecular weight excluding hydrogens is 416 g/mol. The van der Waals surface area contributed by atoms with Crippen LogP contribution in [0.1, 0.15) is 32.6 Å². The van der Waals surface area contributed by atoms with Gasteiger partial charge in [0.1, 0.15) is 0 Å². The van der Waals surface area contributed by atoms with Crippen LogP contribution in [-0.2, 0) is 4.79 Å². The molecule has 0 aromatic rings. The molecule has 2 fully saturated rings. The predicted octanol–water partition coefficient (Wildman–Crippen LogP) is 3.49. The van der Waals surface area contributed by atoms with Crippen molar-refractivity contribution in [2.75, 3.05) is 6.54 Å². The summed E-state index contributed by atoms with van der Waals surface area (Å²) < 4.78 is 2.05. The molecule has 4 heteroatoms. The van der Waals surface area contributed by atoms with Gasteiger partial charge in [-0.15, -0.1) is 0 Å². The van der Waals surface area contributed by atoms with E-state index in [1.165, 1.54) is 15.7 Å². The third kappa shape index (κ3) is 2.68. The zero-order valence-electron chi connectivity index (χ0n) is 8.80. The summed E-state index contributed by atoms with van der Waals surface area (Å²) in [5, 5.41) is 0. The van der Waals surface area contributed by atoms with Gasteiger partial charge in [0.2, 0.25) is 5.91 Å². The highest BCUT2D eigenvalue weighted by Gasteiger charge is 2.42. The van der Waals surface area contributed by atoms with E-state index in [4.69, 9.17) is 0 Å². The van der Waals surface area contributed by atoms with Crippen molar-refractivity contribution in [2.45, 2.75) is 36.5 Å². The Kier molecular flexibility index (Phi) is 3.96. The number of amides is 1. The summed E-state index contributed by atoms with van der Waals surface area (Å²) in [6.07, 6.45) is 4.23. The van der Waals surface area contributed by atoms with E-state index in [2.05, 4.69) is 57.0 Å². The first-order chi connectivity index (χ1) is 7.11. The van der Waals surface area contributed by atoms with E-state index in [1.54, 1.807) is 0 Å². The van der Waals surface area contributed by atoms with Crippen molar-refractivity contribution in [2.24, 2.45) is 5.92 Å². The molecule has 0 N–H and O–H groups in total.